The van der Waals surface area contributed by atoms with Crippen LogP contribution in [0.15, 0.2) is 0 Å². The Morgan fingerprint density at radius 2 is 1.88 bits per heavy atom. The second-order valence-corrected chi connectivity index (χ2v) is 6.53. The molecule has 2 aliphatic rings. The quantitative estimate of drug-likeness (QED) is 0.785. The standard InChI is InChI=1S/C13H24N2O/c1-8(14)12(16)5-9-10-6-15(7-11(9)10)13(2,3)4/h8-11H,5-7,14H2,1-4H3/t8-,9?,10?,11?/m0/s1. The second-order valence-electron chi connectivity index (χ2n) is 6.53. The normalized spacial score (nSPS) is 35.9. The molecule has 0 aromatic heterocycles. The van der Waals surface area contributed by atoms with Crippen molar-refractivity contribution in [3.63, 3.8) is 0 Å². The minimum absolute atomic E-state index is 0.238. The van der Waals surface area contributed by atoms with E-state index in [0.29, 0.717) is 12.3 Å². The van der Waals surface area contributed by atoms with E-state index >= 15 is 0 Å². The highest BCUT2D eigenvalue weighted by molar-refractivity contribution is 5.83. The molecule has 2 unspecified atom stereocenters. The maximum atomic E-state index is 11.6. The zero-order valence-corrected chi connectivity index (χ0v) is 10.9. The van der Waals surface area contributed by atoms with Crippen molar-refractivity contribution >= 4 is 5.78 Å². The van der Waals surface area contributed by atoms with E-state index < -0.39 is 0 Å². The molecule has 0 aromatic carbocycles. The molecule has 3 heteroatoms. The van der Waals surface area contributed by atoms with Gasteiger partial charge >= 0.3 is 0 Å². The first-order valence-electron chi connectivity index (χ1n) is 6.34. The maximum absolute atomic E-state index is 11.6. The molecule has 1 aliphatic carbocycles. The molecule has 2 N–H and O–H groups in total. The van der Waals surface area contributed by atoms with E-state index in [1.807, 2.05) is 0 Å². The number of Topliss-reactive ketones (excluding diaryl/α,β-unsaturated/α-hetero) is 1. The fourth-order valence-electron chi connectivity index (χ4n) is 2.92. The van der Waals surface area contributed by atoms with E-state index in [1.165, 1.54) is 13.1 Å². The highest BCUT2D eigenvalue weighted by Crippen LogP contribution is 2.54. The number of fused-ring (bicyclic) bond motifs is 1. The van der Waals surface area contributed by atoms with Crippen molar-refractivity contribution in [1.82, 2.24) is 4.90 Å². The van der Waals surface area contributed by atoms with Crippen LogP contribution in [-0.4, -0.2) is 35.4 Å². The number of ketones is 1. The number of hydrogen-bond acceptors (Lipinski definition) is 3. The molecule has 1 saturated heterocycles. The van der Waals surface area contributed by atoms with E-state index in [-0.39, 0.29) is 17.4 Å². The second kappa shape index (κ2) is 3.81. The third-order valence-corrected chi connectivity index (χ3v) is 4.26. The van der Waals surface area contributed by atoms with Gasteiger partial charge in [0.15, 0.2) is 0 Å². The van der Waals surface area contributed by atoms with Crippen molar-refractivity contribution in [2.75, 3.05) is 13.1 Å². The van der Waals surface area contributed by atoms with Crippen LogP contribution in [0.3, 0.4) is 0 Å². The van der Waals surface area contributed by atoms with E-state index in [9.17, 15) is 4.79 Å². The molecular weight excluding hydrogens is 200 g/mol. The third kappa shape index (κ3) is 2.16. The van der Waals surface area contributed by atoms with Crippen LogP contribution in [0.4, 0.5) is 0 Å². The van der Waals surface area contributed by atoms with Gasteiger partial charge in [-0.1, -0.05) is 0 Å². The molecule has 16 heavy (non-hydrogen) atoms. The Morgan fingerprint density at radius 3 is 2.25 bits per heavy atom. The molecule has 3 nitrogen and oxygen atoms in total. The van der Waals surface area contributed by atoms with E-state index in [4.69, 9.17) is 5.73 Å². The minimum atomic E-state index is -0.278. The Kier molecular flexibility index (Phi) is 2.87. The number of hydrogen-bond donors (Lipinski definition) is 1. The number of piperidine rings is 1. The summed E-state index contributed by atoms with van der Waals surface area (Å²) in [7, 11) is 0. The fraction of sp³-hybridized carbons (Fsp3) is 0.923. The number of nitrogens with zero attached hydrogens (tertiary/aromatic N) is 1. The van der Waals surface area contributed by atoms with Crippen molar-refractivity contribution in [2.24, 2.45) is 23.5 Å². The molecule has 1 heterocycles. The SMILES string of the molecule is C[C@H](N)C(=O)CC1C2CN(C(C)(C)C)CC12. The average molecular weight is 224 g/mol. The smallest absolute Gasteiger partial charge is 0.149 e. The van der Waals surface area contributed by atoms with E-state index in [0.717, 1.165) is 11.8 Å². The van der Waals surface area contributed by atoms with Gasteiger partial charge in [0.1, 0.15) is 5.78 Å². The Hall–Kier alpha value is -0.410. The Balaban J connectivity index is 1.81. The predicted molar refractivity (Wildman–Crippen MR) is 65.1 cm³/mol. The summed E-state index contributed by atoms with van der Waals surface area (Å²) >= 11 is 0. The number of carbonyl (C=O) groups excluding carboxylic acids is 1. The van der Waals surface area contributed by atoms with Crippen LogP contribution < -0.4 is 5.73 Å². The van der Waals surface area contributed by atoms with Crippen molar-refractivity contribution in [2.45, 2.75) is 45.7 Å². The van der Waals surface area contributed by atoms with Gasteiger partial charge in [0.05, 0.1) is 6.04 Å². The lowest BCUT2D eigenvalue weighted by Gasteiger charge is -2.33. The highest BCUT2D eigenvalue weighted by atomic mass is 16.1. The van der Waals surface area contributed by atoms with Gasteiger partial charge in [0, 0.05) is 25.0 Å². The zero-order valence-electron chi connectivity index (χ0n) is 10.9. The molecule has 0 amide bonds. The molecule has 0 bridgehead atoms. The molecule has 1 saturated carbocycles. The average Bonchev–Trinajstić information content (AvgIpc) is 2.60. The summed E-state index contributed by atoms with van der Waals surface area (Å²) in [6, 6.07) is -0.278. The largest absolute Gasteiger partial charge is 0.322 e. The van der Waals surface area contributed by atoms with Gasteiger partial charge in [-0.2, -0.15) is 0 Å². The zero-order chi connectivity index (χ0) is 12.1. The molecular formula is C13H24N2O. The number of rotatable bonds is 3. The molecule has 2 fully saturated rings. The summed E-state index contributed by atoms with van der Waals surface area (Å²) in [5, 5.41) is 0. The number of likely N-dealkylation sites (tertiary alicyclic amines) is 1. The third-order valence-electron chi connectivity index (χ3n) is 4.26. The van der Waals surface area contributed by atoms with Crippen molar-refractivity contribution in [3.05, 3.63) is 0 Å². The topological polar surface area (TPSA) is 46.3 Å². The summed E-state index contributed by atoms with van der Waals surface area (Å²) in [4.78, 5) is 14.1. The summed E-state index contributed by atoms with van der Waals surface area (Å²) in [5.41, 5.74) is 5.88. The Morgan fingerprint density at radius 1 is 1.38 bits per heavy atom. The first-order chi connectivity index (χ1) is 7.30. The van der Waals surface area contributed by atoms with Crippen molar-refractivity contribution in [1.29, 1.82) is 0 Å². The van der Waals surface area contributed by atoms with Gasteiger partial charge in [-0.25, -0.2) is 0 Å². The molecule has 0 spiro atoms. The predicted octanol–water partition coefficient (Wildman–Crippen LogP) is 1.27. The van der Waals surface area contributed by atoms with Gasteiger partial charge in [0.2, 0.25) is 0 Å². The summed E-state index contributed by atoms with van der Waals surface area (Å²) in [6.07, 6.45) is 0.713. The van der Waals surface area contributed by atoms with Crippen molar-refractivity contribution < 1.29 is 4.79 Å². The molecule has 1 aliphatic heterocycles. The number of nitrogens with two attached hydrogens (primary N) is 1. The Bertz CT molecular complexity index is 281. The van der Waals surface area contributed by atoms with Crippen LogP contribution in [0.25, 0.3) is 0 Å². The first kappa shape index (κ1) is 12.1. The van der Waals surface area contributed by atoms with Crippen LogP contribution in [0, 0.1) is 17.8 Å². The summed E-state index contributed by atoms with van der Waals surface area (Å²) < 4.78 is 0. The lowest BCUT2D eigenvalue weighted by atomic mass is 10.0. The van der Waals surface area contributed by atoms with Crippen LogP contribution in [0.5, 0.6) is 0 Å². The highest BCUT2D eigenvalue weighted by Gasteiger charge is 2.57. The lowest BCUT2D eigenvalue weighted by molar-refractivity contribution is -0.120. The van der Waals surface area contributed by atoms with Crippen LogP contribution in [0.2, 0.25) is 0 Å². The van der Waals surface area contributed by atoms with Gasteiger partial charge in [0.25, 0.3) is 0 Å². The fourth-order valence-corrected chi connectivity index (χ4v) is 2.92. The molecule has 0 aromatic rings. The monoisotopic (exact) mass is 224 g/mol. The molecule has 0 radical (unpaired) electrons. The minimum Gasteiger partial charge on any atom is -0.322 e. The lowest BCUT2D eigenvalue weighted by Crippen LogP contribution is -2.41. The first-order valence-corrected chi connectivity index (χ1v) is 6.34. The molecule has 92 valence electrons. The number of carbonyl (C=O) groups is 1. The van der Waals surface area contributed by atoms with Gasteiger partial charge < -0.3 is 5.73 Å². The summed E-state index contributed by atoms with van der Waals surface area (Å²) in [5.74, 6) is 2.41. The van der Waals surface area contributed by atoms with Gasteiger partial charge in [-0.05, 0) is 45.4 Å². The van der Waals surface area contributed by atoms with Crippen molar-refractivity contribution in [3.8, 4) is 0 Å². The Labute approximate surface area is 98.4 Å². The molecule has 3 atom stereocenters. The van der Waals surface area contributed by atoms with Gasteiger partial charge in [-0.3, -0.25) is 9.69 Å². The van der Waals surface area contributed by atoms with Crippen LogP contribution >= 0.6 is 0 Å². The maximum Gasteiger partial charge on any atom is 0.149 e. The van der Waals surface area contributed by atoms with Crippen LogP contribution in [0.1, 0.15) is 34.1 Å². The van der Waals surface area contributed by atoms with E-state index in [2.05, 4.69) is 25.7 Å². The molecule has 2 rings (SSSR count). The van der Waals surface area contributed by atoms with Crippen LogP contribution in [-0.2, 0) is 4.79 Å². The van der Waals surface area contributed by atoms with Gasteiger partial charge in [-0.15, -0.1) is 0 Å². The van der Waals surface area contributed by atoms with E-state index in [1.54, 1.807) is 6.92 Å². The summed E-state index contributed by atoms with van der Waals surface area (Å²) in [6.45, 7) is 10.9.